The zero-order chi connectivity index (χ0) is 17.9. The Morgan fingerprint density at radius 3 is 1.18 bits per heavy atom. The average Bonchev–Trinajstić information content (AvgIpc) is 2.85. The largest absolute Gasteiger partial charge is 0.362 e. The van der Waals surface area contributed by atoms with Gasteiger partial charge < -0.3 is 5.53 Å². The van der Waals surface area contributed by atoms with Crippen LogP contribution in [-0.2, 0) is 0 Å². The maximum absolute atomic E-state index is 9.93. The summed E-state index contributed by atoms with van der Waals surface area (Å²) in [6, 6.07) is 0. The summed E-state index contributed by atoms with van der Waals surface area (Å²) in [6.07, 6.45) is 0. The van der Waals surface area contributed by atoms with Gasteiger partial charge in [0.05, 0.1) is 5.41 Å². The van der Waals surface area contributed by atoms with Crippen LogP contribution in [0.3, 0.4) is 0 Å². The van der Waals surface area contributed by atoms with Gasteiger partial charge in [-0.3, -0.25) is 0 Å². The number of hydrogen-bond donors (Lipinski definition) is 0. The highest BCUT2D eigenvalue weighted by Gasteiger charge is 2.73. The fraction of sp³-hybridized carbons (Fsp3) is 0.850. The van der Waals surface area contributed by atoms with Crippen molar-refractivity contribution in [1.82, 2.24) is 0 Å². The van der Waals surface area contributed by atoms with Crippen LogP contribution in [0.4, 0.5) is 0 Å². The van der Waals surface area contributed by atoms with Crippen molar-refractivity contribution in [3.63, 3.8) is 0 Å². The van der Waals surface area contributed by atoms with Gasteiger partial charge in [0.2, 0.25) is 0 Å². The molecule has 22 heavy (non-hydrogen) atoms. The minimum Gasteiger partial charge on any atom is -0.362 e. The molecule has 0 fully saturated rings. The first-order chi connectivity index (χ1) is 9.43. The SMILES string of the molecule is CC(C)(C)C(=[N+]=[N-])C1(C(C)(C)C)C(C(C)(C)C)=C1C(C)(C)C. The third-order valence-corrected chi connectivity index (χ3v) is 4.73. The van der Waals surface area contributed by atoms with E-state index in [0.717, 1.165) is 5.71 Å². The predicted molar refractivity (Wildman–Crippen MR) is 95.9 cm³/mol. The molecule has 0 N–H and O–H groups in total. The lowest BCUT2D eigenvalue weighted by atomic mass is 9.59. The summed E-state index contributed by atoms with van der Waals surface area (Å²) in [6.45, 7) is 26.9. The molecule has 0 saturated carbocycles. The van der Waals surface area contributed by atoms with E-state index in [4.69, 9.17) is 0 Å². The second kappa shape index (κ2) is 4.81. The van der Waals surface area contributed by atoms with Gasteiger partial charge in [-0.2, -0.15) is 4.79 Å². The number of rotatable bonds is 1. The molecule has 0 atom stereocenters. The van der Waals surface area contributed by atoms with Gasteiger partial charge in [-0.05, 0) is 48.2 Å². The molecule has 126 valence electrons. The fourth-order valence-electron chi connectivity index (χ4n) is 4.29. The van der Waals surface area contributed by atoms with Crippen molar-refractivity contribution in [3.8, 4) is 0 Å². The van der Waals surface area contributed by atoms with Crippen LogP contribution in [-0.4, -0.2) is 10.5 Å². The zero-order valence-electron chi connectivity index (χ0n) is 16.9. The first kappa shape index (κ1) is 19.2. The minimum atomic E-state index is -0.226. The molecule has 0 aromatic carbocycles. The van der Waals surface area contributed by atoms with Crippen LogP contribution in [0.15, 0.2) is 11.1 Å². The molecule has 0 radical (unpaired) electrons. The average molecular weight is 305 g/mol. The summed E-state index contributed by atoms with van der Waals surface area (Å²) < 4.78 is 0. The van der Waals surface area contributed by atoms with Crippen LogP contribution < -0.4 is 0 Å². The maximum Gasteiger partial charge on any atom is 0.288 e. The lowest BCUT2D eigenvalue weighted by molar-refractivity contribution is -0.0350. The molecule has 1 rings (SSSR count). The molecule has 1 aliphatic rings. The second-order valence-electron chi connectivity index (χ2n) is 10.9. The summed E-state index contributed by atoms with van der Waals surface area (Å²) >= 11 is 0. The molecule has 0 unspecified atom stereocenters. The molecule has 0 aromatic rings. The van der Waals surface area contributed by atoms with Gasteiger partial charge in [-0.25, -0.2) is 0 Å². The molecular weight excluding hydrogens is 268 g/mol. The van der Waals surface area contributed by atoms with Gasteiger partial charge in [-0.15, -0.1) is 0 Å². The van der Waals surface area contributed by atoms with E-state index < -0.39 is 0 Å². The Morgan fingerprint density at radius 2 is 1.05 bits per heavy atom. The van der Waals surface area contributed by atoms with Gasteiger partial charge in [-0.1, -0.05) is 62.3 Å². The van der Waals surface area contributed by atoms with Crippen LogP contribution in [0.2, 0.25) is 0 Å². The monoisotopic (exact) mass is 304 g/mol. The van der Waals surface area contributed by atoms with Crippen LogP contribution in [0.25, 0.3) is 5.53 Å². The first-order valence-electron chi connectivity index (χ1n) is 8.42. The van der Waals surface area contributed by atoms with Crippen molar-refractivity contribution in [3.05, 3.63) is 16.7 Å². The predicted octanol–water partition coefficient (Wildman–Crippen LogP) is 6.14. The molecule has 0 aromatic heterocycles. The zero-order valence-corrected chi connectivity index (χ0v) is 16.9. The van der Waals surface area contributed by atoms with E-state index in [0.29, 0.717) is 0 Å². The third-order valence-electron chi connectivity index (χ3n) is 4.73. The summed E-state index contributed by atoms with van der Waals surface area (Å²) in [5.74, 6) is 0. The molecule has 2 nitrogen and oxygen atoms in total. The van der Waals surface area contributed by atoms with Crippen LogP contribution in [0, 0.1) is 27.1 Å². The maximum atomic E-state index is 9.93. The summed E-state index contributed by atoms with van der Waals surface area (Å²) in [5.41, 5.74) is 13.5. The van der Waals surface area contributed by atoms with Gasteiger partial charge in [0.25, 0.3) is 5.71 Å². The van der Waals surface area contributed by atoms with E-state index >= 15 is 0 Å². The summed E-state index contributed by atoms with van der Waals surface area (Å²) in [4.78, 5) is 3.86. The number of hydrogen-bond acceptors (Lipinski definition) is 0. The van der Waals surface area contributed by atoms with Crippen LogP contribution >= 0.6 is 0 Å². The standard InChI is InChI=1S/C20H36N2/c1-16(2,3)13-14(17(4,5)6)20(13,19(10,11)12)15(22-21)18(7,8)9/h1-12H3. The molecule has 0 aliphatic heterocycles. The van der Waals surface area contributed by atoms with E-state index in [-0.39, 0.29) is 27.1 Å². The van der Waals surface area contributed by atoms with Crippen molar-refractivity contribution < 1.29 is 4.79 Å². The van der Waals surface area contributed by atoms with Crippen molar-refractivity contribution in [2.75, 3.05) is 0 Å². The molecule has 2 heteroatoms. The normalized spacial score (nSPS) is 19.1. The van der Waals surface area contributed by atoms with E-state index in [9.17, 15) is 5.53 Å². The van der Waals surface area contributed by atoms with E-state index in [1.165, 1.54) is 11.1 Å². The van der Waals surface area contributed by atoms with Crippen LogP contribution in [0.5, 0.6) is 0 Å². The Kier molecular flexibility index (Phi) is 4.19. The molecule has 0 spiro atoms. The van der Waals surface area contributed by atoms with Gasteiger partial charge in [0.1, 0.15) is 5.41 Å². The highest BCUT2D eigenvalue weighted by atomic mass is 14.9. The highest BCUT2D eigenvalue weighted by molar-refractivity contribution is 6.02. The van der Waals surface area contributed by atoms with Gasteiger partial charge in [0, 0.05) is 0 Å². The second-order valence-corrected chi connectivity index (χ2v) is 10.9. The van der Waals surface area contributed by atoms with E-state index in [1.807, 2.05) is 0 Å². The van der Waals surface area contributed by atoms with Crippen molar-refractivity contribution >= 4 is 5.71 Å². The van der Waals surface area contributed by atoms with Crippen molar-refractivity contribution in [1.29, 1.82) is 0 Å². The molecule has 0 bridgehead atoms. The van der Waals surface area contributed by atoms with Crippen molar-refractivity contribution in [2.45, 2.75) is 83.1 Å². The quantitative estimate of drug-likeness (QED) is 0.241. The Bertz CT molecular complexity index is 518. The number of allylic oxidation sites excluding steroid dienone is 2. The van der Waals surface area contributed by atoms with Gasteiger partial charge >= 0.3 is 0 Å². The Morgan fingerprint density at radius 1 is 0.727 bits per heavy atom. The first-order valence-corrected chi connectivity index (χ1v) is 8.42. The summed E-state index contributed by atoms with van der Waals surface area (Å²) in [5, 5.41) is 0. The van der Waals surface area contributed by atoms with Crippen LogP contribution in [0.1, 0.15) is 83.1 Å². The van der Waals surface area contributed by atoms with E-state index in [1.54, 1.807) is 0 Å². The van der Waals surface area contributed by atoms with E-state index in [2.05, 4.69) is 87.9 Å². The topological polar surface area (TPSA) is 36.4 Å². The molecule has 0 heterocycles. The lowest BCUT2D eigenvalue weighted by Gasteiger charge is -2.38. The van der Waals surface area contributed by atoms with Crippen molar-refractivity contribution in [2.24, 2.45) is 27.1 Å². The molecule has 0 amide bonds. The smallest absolute Gasteiger partial charge is 0.288 e. The number of nitrogens with zero attached hydrogens (tertiary/aromatic N) is 2. The minimum absolute atomic E-state index is 0.0208. The lowest BCUT2D eigenvalue weighted by Crippen LogP contribution is -2.45. The molecular formula is C20H36N2. The summed E-state index contributed by atoms with van der Waals surface area (Å²) in [7, 11) is 0. The third kappa shape index (κ3) is 2.71. The Balaban J connectivity index is 3.79. The highest BCUT2D eigenvalue weighted by Crippen LogP contribution is 2.74. The van der Waals surface area contributed by atoms with Gasteiger partial charge in [0.15, 0.2) is 0 Å². The Hall–Kier alpha value is -0.880. The fourth-order valence-corrected chi connectivity index (χ4v) is 4.29. The Labute approximate surface area is 138 Å². The molecule has 1 aliphatic carbocycles. The molecule has 0 saturated heterocycles.